The van der Waals surface area contributed by atoms with Gasteiger partial charge in [0.1, 0.15) is 5.60 Å². The molecule has 1 aliphatic rings. The van der Waals surface area contributed by atoms with E-state index in [0.29, 0.717) is 6.54 Å². The zero-order chi connectivity index (χ0) is 11.7. The molecule has 1 aliphatic heterocycles. The summed E-state index contributed by atoms with van der Waals surface area (Å²) in [6.45, 7) is 11.1. The lowest BCUT2D eigenvalue weighted by atomic mass is 10.0. The molecule has 0 aromatic rings. The lowest BCUT2D eigenvalue weighted by Crippen LogP contribution is -2.54. The van der Waals surface area contributed by atoms with Gasteiger partial charge in [0.15, 0.2) is 11.8 Å². The van der Waals surface area contributed by atoms with Crippen molar-refractivity contribution in [3.05, 3.63) is 0 Å². The smallest absolute Gasteiger partial charge is 0.406 e. The third-order valence-corrected chi connectivity index (χ3v) is 2.22. The van der Waals surface area contributed by atoms with Gasteiger partial charge in [-0.2, -0.15) is 4.79 Å². The Hall–Kier alpha value is -0.900. The van der Waals surface area contributed by atoms with Crippen molar-refractivity contribution in [3.8, 4) is 0 Å². The first kappa shape index (κ1) is 12.2. The van der Waals surface area contributed by atoms with E-state index in [2.05, 4.69) is 5.32 Å². The minimum absolute atomic E-state index is 0.222. The second kappa shape index (κ2) is 3.93. The minimum atomic E-state index is -0.439. The van der Waals surface area contributed by atoms with Crippen molar-refractivity contribution in [1.29, 1.82) is 0 Å². The van der Waals surface area contributed by atoms with E-state index in [1.54, 1.807) is 4.58 Å². The molecule has 0 spiro atoms. The number of ether oxygens (including phenoxy) is 1. The van der Waals surface area contributed by atoms with Crippen LogP contribution in [0.3, 0.4) is 0 Å². The standard InChI is InChI=1S/C11H21N2O2/c1-10(2,3)15-9(14)13-7-6-12-8-11(13,4)5/h7,12H,6,8H2,1-5H3/q+1. The Morgan fingerprint density at radius 2 is 2.07 bits per heavy atom. The molecule has 1 N–H and O–H groups in total. The highest BCUT2D eigenvalue weighted by Crippen LogP contribution is 2.15. The Bertz CT molecular complexity index is 287. The molecule has 1 heterocycles. The van der Waals surface area contributed by atoms with Gasteiger partial charge in [0.05, 0.1) is 13.1 Å². The molecule has 0 atom stereocenters. The molecule has 0 saturated heterocycles. The summed E-state index contributed by atoms with van der Waals surface area (Å²) in [4.78, 5) is 11.9. The van der Waals surface area contributed by atoms with Crippen molar-refractivity contribution in [1.82, 2.24) is 5.32 Å². The average molecular weight is 213 g/mol. The largest absolute Gasteiger partial charge is 0.597 e. The van der Waals surface area contributed by atoms with Crippen LogP contribution in [0.25, 0.3) is 0 Å². The molecule has 0 fully saturated rings. The number of rotatable bonds is 0. The fourth-order valence-electron chi connectivity index (χ4n) is 1.50. The highest BCUT2D eigenvalue weighted by atomic mass is 16.6. The molecule has 0 unspecified atom stereocenters. The fraction of sp³-hybridized carbons (Fsp3) is 0.818. The normalized spacial score (nSPS) is 20.7. The van der Waals surface area contributed by atoms with Crippen molar-refractivity contribution in [3.63, 3.8) is 0 Å². The van der Waals surface area contributed by atoms with Crippen LogP contribution in [0.4, 0.5) is 4.79 Å². The Morgan fingerprint density at radius 3 is 2.53 bits per heavy atom. The number of nitrogens with one attached hydrogen (secondary N) is 1. The SMILES string of the molecule is CC(C)(C)OC(=O)[N+]1=CCNCC1(C)C. The van der Waals surface area contributed by atoms with Crippen molar-refractivity contribution >= 4 is 12.3 Å². The molecule has 15 heavy (non-hydrogen) atoms. The molecule has 0 aromatic heterocycles. The number of carbonyl (C=O) groups excluding carboxylic acids is 1. The quantitative estimate of drug-likeness (QED) is 0.618. The summed E-state index contributed by atoms with van der Waals surface area (Å²) >= 11 is 0. The summed E-state index contributed by atoms with van der Waals surface area (Å²) in [5.74, 6) is 0. The van der Waals surface area contributed by atoms with Gasteiger partial charge in [-0.15, -0.1) is 4.58 Å². The van der Waals surface area contributed by atoms with Crippen molar-refractivity contribution in [2.45, 2.75) is 45.8 Å². The third kappa shape index (κ3) is 3.30. The van der Waals surface area contributed by atoms with Crippen LogP contribution in [0.2, 0.25) is 0 Å². The Balaban J connectivity index is 2.79. The highest BCUT2D eigenvalue weighted by molar-refractivity contribution is 5.68. The predicted molar refractivity (Wildman–Crippen MR) is 59.5 cm³/mol. The molecule has 0 aliphatic carbocycles. The number of hydrogen-bond acceptors (Lipinski definition) is 3. The summed E-state index contributed by atoms with van der Waals surface area (Å²) < 4.78 is 7.02. The van der Waals surface area contributed by atoms with E-state index in [0.717, 1.165) is 6.54 Å². The van der Waals surface area contributed by atoms with Gasteiger partial charge < -0.3 is 10.1 Å². The first-order valence-electron chi connectivity index (χ1n) is 5.29. The number of hydrogen-bond donors (Lipinski definition) is 1. The van der Waals surface area contributed by atoms with Crippen LogP contribution in [-0.2, 0) is 4.74 Å². The predicted octanol–water partition coefficient (Wildman–Crippen LogP) is 1.39. The number of nitrogens with zero attached hydrogens (tertiary/aromatic N) is 1. The van der Waals surface area contributed by atoms with Crippen LogP contribution in [0.15, 0.2) is 0 Å². The van der Waals surface area contributed by atoms with Crippen molar-refractivity contribution in [2.75, 3.05) is 13.1 Å². The van der Waals surface area contributed by atoms with Gasteiger partial charge in [0, 0.05) is 13.8 Å². The Kier molecular flexibility index (Phi) is 3.19. The molecule has 1 rings (SSSR count). The van der Waals surface area contributed by atoms with Crippen molar-refractivity contribution in [2.24, 2.45) is 0 Å². The molecular formula is C11H21N2O2+. The van der Waals surface area contributed by atoms with Gasteiger partial charge in [0.25, 0.3) is 0 Å². The zero-order valence-electron chi connectivity index (χ0n) is 10.3. The van der Waals surface area contributed by atoms with E-state index in [-0.39, 0.29) is 11.6 Å². The molecule has 0 bridgehead atoms. The monoisotopic (exact) mass is 213 g/mol. The summed E-state index contributed by atoms with van der Waals surface area (Å²) in [6, 6.07) is 0. The maximum atomic E-state index is 11.9. The second-order valence-corrected chi connectivity index (χ2v) is 5.48. The lowest BCUT2D eigenvalue weighted by Gasteiger charge is -2.26. The van der Waals surface area contributed by atoms with Crippen LogP contribution >= 0.6 is 0 Å². The molecule has 4 heteroatoms. The summed E-state index contributed by atoms with van der Waals surface area (Å²) in [6.07, 6.45) is 1.58. The Morgan fingerprint density at radius 1 is 1.47 bits per heavy atom. The molecular weight excluding hydrogens is 192 g/mol. The molecule has 4 nitrogen and oxygen atoms in total. The van der Waals surface area contributed by atoms with Gasteiger partial charge in [-0.1, -0.05) is 0 Å². The fourth-order valence-corrected chi connectivity index (χ4v) is 1.50. The first-order valence-corrected chi connectivity index (χ1v) is 5.29. The molecule has 86 valence electrons. The maximum absolute atomic E-state index is 11.9. The van der Waals surface area contributed by atoms with Crippen LogP contribution in [-0.4, -0.2) is 41.1 Å². The van der Waals surface area contributed by atoms with Crippen LogP contribution < -0.4 is 5.32 Å². The summed E-state index contributed by atoms with van der Waals surface area (Å²) in [5, 5.41) is 3.22. The van der Waals surface area contributed by atoms with E-state index in [9.17, 15) is 4.79 Å². The minimum Gasteiger partial charge on any atom is -0.406 e. The number of carbonyl (C=O) groups is 1. The third-order valence-electron chi connectivity index (χ3n) is 2.22. The van der Waals surface area contributed by atoms with Gasteiger partial charge in [-0.05, 0) is 20.8 Å². The van der Waals surface area contributed by atoms with E-state index in [1.165, 1.54) is 0 Å². The Labute approximate surface area is 91.3 Å². The zero-order valence-corrected chi connectivity index (χ0v) is 10.3. The molecule has 0 aromatic carbocycles. The summed E-state index contributed by atoms with van der Waals surface area (Å²) in [5.41, 5.74) is -0.660. The van der Waals surface area contributed by atoms with Crippen LogP contribution in [0.1, 0.15) is 34.6 Å². The molecule has 1 amide bonds. The topological polar surface area (TPSA) is 41.3 Å². The highest BCUT2D eigenvalue weighted by Gasteiger charge is 2.40. The van der Waals surface area contributed by atoms with E-state index < -0.39 is 5.60 Å². The van der Waals surface area contributed by atoms with Gasteiger partial charge in [0.2, 0.25) is 0 Å². The van der Waals surface area contributed by atoms with E-state index >= 15 is 0 Å². The van der Waals surface area contributed by atoms with Gasteiger partial charge in [-0.3, -0.25) is 0 Å². The first-order chi connectivity index (χ1) is 6.72. The van der Waals surface area contributed by atoms with Gasteiger partial charge in [-0.25, -0.2) is 0 Å². The van der Waals surface area contributed by atoms with Gasteiger partial charge >= 0.3 is 6.09 Å². The van der Waals surface area contributed by atoms with Crippen LogP contribution in [0.5, 0.6) is 0 Å². The average Bonchev–Trinajstić information content (AvgIpc) is 1.99. The van der Waals surface area contributed by atoms with E-state index in [1.807, 2.05) is 40.8 Å². The molecule has 0 radical (unpaired) electrons. The maximum Gasteiger partial charge on any atom is 0.597 e. The van der Waals surface area contributed by atoms with Crippen molar-refractivity contribution < 1.29 is 14.1 Å². The van der Waals surface area contributed by atoms with E-state index in [4.69, 9.17) is 4.74 Å². The van der Waals surface area contributed by atoms with Crippen LogP contribution in [0, 0.1) is 0 Å². The summed E-state index contributed by atoms with van der Waals surface area (Å²) in [7, 11) is 0. The molecule has 0 saturated carbocycles. The lowest BCUT2D eigenvalue weighted by molar-refractivity contribution is -0.526. The number of amides is 1. The second-order valence-electron chi connectivity index (χ2n) is 5.48.